The van der Waals surface area contributed by atoms with Gasteiger partial charge in [-0.3, -0.25) is 14.5 Å². The molecular formula is C19H26FN3O3. The van der Waals surface area contributed by atoms with Crippen molar-refractivity contribution in [3.05, 3.63) is 29.6 Å². The van der Waals surface area contributed by atoms with Gasteiger partial charge in [0.15, 0.2) is 11.6 Å². The molecular weight excluding hydrogens is 337 g/mol. The van der Waals surface area contributed by atoms with Gasteiger partial charge in [-0.05, 0) is 37.0 Å². The van der Waals surface area contributed by atoms with Gasteiger partial charge >= 0.3 is 0 Å². The van der Waals surface area contributed by atoms with Crippen molar-refractivity contribution in [2.45, 2.75) is 31.7 Å². The molecule has 7 heteroatoms. The van der Waals surface area contributed by atoms with Crippen LogP contribution < -0.4 is 10.1 Å². The second kappa shape index (κ2) is 8.49. The number of piperazine rings is 1. The molecule has 0 radical (unpaired) electrons. The number of hydrogen-bond acceptors (Lipinski definition) is 4. The van der Waals surface area contributed by atoms with E-state index in [1.54, 1.807) is 12.1 Å². The number of nitrogens with zero attached hydrogens (tertiary/aromatic N) is 2. The van der Waals surface area contributed by atoms with E-state index in [1.165, 1.54) is 13.2 Å². The maximum absolute atomic E-state index is 13.7. The highest BCUT2D eigenvalue weighted by molar-refractivity contribution is 5.79. The van der Waals surface area contributed by atoms with Gasteiger partial charge in [0.2, 0.25) is 11.8 Å². The normalized spacial score (nSPS) is 17.8. The molecule has 3 rings (SSSR count). The molecule has 2 amide bonds. The quantitative estimate of drug-likeness (QED) is 0.791. The summed E-state index contributed by atoms with van der Waals surface area (Å²) in [4.78, 5) is 28.1. The molecule has 1 aliphatic heterocycles. The summed E-state index contributed by atoms with van der Waals surface area (Å²) in [7, 11) is 1.43. The van der Waals surface area contributed by atoms with Gasteiger partial charge in [0.05, 0.1) is 13.7 Å². The van der Waals surface area contributed by atoms with Gasteiger partial charge in [0.25, 0.3) is 0 Å². The van der Waals surface area contributed by atoms with Crippen LogP contribution in [-0.2, 0) is 16.0 Å². The molecule has 1 saturated heterocycles. The van der Waals surface area contributed by atoms with E-state index in [2.05, 4.69) is 10.2 Å². The van der Waals surface area contributed by atoms with Gasteiger partial charge in [-0.25, -0.2) is 4.39 Å². The van der Waals surface area contributed by atoms with E-state index in [1.807, 2.05) is 4.90 Å². The van der Waals surface area contributed by atoms with E-state index in [0.717, 1.165) is 18.4 Å². The van der Waals surface area contributed by atoms with Crippen LogP contribution >= 0.6 is 0 Å². The lowest BCUT2D eigenvalue weighted by Gasteiger charge is -2.34. The maximum atomic E-state index is 13.7. The number of nitrogens with one attached hydrogen (secondary N) is 1. The Hall–Kier alpha value is -2.15. The van der Waals surface area contributed by atoms with Gasteiger partial charge in [0.1, 0.15) is 0 Å². The monoisotopic (exact) mass is 363 g/mol. The predicted octanol–water partition coefficient (Wildman–Crippen LogP) is 1.19. The summed E-state index contributed by atoms with van der Waals surface area (Å²) < 4.78 is 18.6. The molecule has 0 atom stereocenters. The first-order chi connectivity index (χ1) is 12.5. The SMILES string of the molecule is COc1ccc(CCC(=O)N2CCN(CC(=O)NC3CC3)CC2)cc1F. The summed E-state index contributed by atoms with van der Waals surface area (Å²) in [5.41, 5.74) is 0.784. The van der Waals surface area contributed by atoms with Crippen molar-refractivity contribution in [2.75, 3.05) is 39.8 Å². The van der Waals surface area contributed by atoms with Crippen molar-refractivity contribution in [1.29, 1.82) is 0 Å². The van der Waals surface area contributed by atoms with E-state index in [4.69, 9.17) is 4.74 Å². The first-order valence-corrected chi connectivity index (χ1v) is 9.17. The number of methoxy groups -OCH3 is 1. The van der Waals surface area contributed by atoms with E-state index in [0.29, 0.717) is 51.6 Å². The van der Waals surface area contributed by atoms with Gasteiger partial charge in [-0.15, -0.1) is 0 Å². The Morgan fingerprint density at radius 2 is 1.96 bits per heavy atom. The first-order valence-electron chi connectivity index (χ1n) is 9.17. The average Bonchev–Trinajstić information content (AvgIpc) is 3.44. The zero-order valence-electron chi connectivity index (χ0n) is 15.2. The molecule has 0 aromatic heterocycles. The summed E-state index contributed by atoms with van der Waals surface area (Å²) in [5, 5.41) is 2.99. The van der Waals surface area contributed by atoms with Crippen LogP contribution in [0.5, 0.6) is 5.75 Å². The fraction of sp³-hybridized carbons (Fsp3) is 0.579. The van der Waals surface area contributed by atoms with Crippen LogP contribution in [0.25, 0.3) is 0 Å². The summed E-state index contributed by atoms with van der Waals surface area (Å²) in [6.45, 7) is 3.09. The number of rotatable bonds is 7. The van der Waals surface area contributed by atoms with Crippen LogP contribution in [0.15, 0.2) is 18.2 Å². The summed E-state index contributed by atoms with van der Waals surface area (Å²) in [6.07, 6.45) is 3.04. The van der Waals surface area contributed by atoms with Crippen molar-refractivity contribution < 1.29 is 18.7 Å². The Labute approximate surface area is 153 Å². The molecule has 26 heavy (non-hydrogen) atoms. The Morgan fingerprint density at radius 1 is 1.23 bits per heavy atom. The molecule has 0 unspecified atom stereocenters. The lowest BCUT2D eigenvalue weighted by Crippen LogP contribution is -2.51. The molecule has 1 aromatic carbocycles. The van der Waals surface area contributed by atoms with Crippen molar-refractivity contribution in [2.24, 2.45) is 0 Å². The van der Waals surface area contributed by atoms with Crippen LogP contribution in [0.2, 0.25) is 0 Å². The van der Waals surface area contributed by atoms with E-state index < -0.39 is 5.82 Å². The zero-order chi connectivity index (χ0) is 18.5. The van der Waals surface area contributed by atoms with Crippen molar-refractivity contribution >= 4 is 11.8 Å². The van der Waals surface area contributed by atoms with Crippen LogP contribution in [0, 0.1) is 5.82 Å². The number of amides is 2. The molecule has 142 valence electrons. The Kier molecular flexibility index (Phi) is 6.08. The highest BCUT2D eigenvalue weighted by Gasteiger charge is 2.26. The number of ether oxygens (including phenoxy) is 1. The van der Waals surface area contributed by atoms with E-state index in [-0.39, 0.29) is 17.6 Å². The largest absolute Gasteiger partial charge is 0.494 e. The maximum Gasteiger partial charge on any atom is 0.234 e. The molecule has 2 fully saturated rings. The zero-order valence-corrected chi connectivity index (χ0v) is 15.2. The fourth-order valence-electron chi connectivity index (χ4n) is 3.13. The highest BCUT2D eigenvalue weighted by atomic mass is 19.1. The first kappa shape index (κ1) is 18.6. The number of hydrogen-bond donors (Lipinski definition) is 1. The molecule has 6 nitrogen and oxygen atoms in total. The van der Waals surface area contributed by atoms with Gasteiger partial charge in [0, 0.05) is 38.6 Å². The number of halogens is 1. The minimum absolute atomic E-state index is 0.0725. The summed E-state index contributed by atoms with van der Waals surface area (Å²) in [5.74, 6) is -0.0467. The van der Waals surface area contributed by atoms with Gasteiger partial charge in [-0.2, -0.15) is 0 Å². The number of carbonyl (C=O) groups is 2. The van der Waals surface area contributed by atoms with Crippen LogP contribution in [0.1, 0.15) is 24.8 Å². The second-order valence-electron chi connectivity index (χ2n) is 6.97. The smallest absolute Gasteiger partial charge is 0.234 e. The third kappa shape index (κ3) is 5.17. The molecule has 1 aromatic rings. The highest BCUT2D eigenvalue weighted by Crippen LogP contribution is 2.19. The standard InChI is InChI=1S/C19H26FN3O3/c1-26-17-6-2-14(12-16(17)20)3-7-19(25)23-10-8-22(9-11-23)13-18(24)21-15-4-5-15/h2,6,12,15H,3-5,7-11,13H2,1H3,(H,21,24). The Bertz CT molecular complexity index is 655. The second-order valence-corrected chi connectivity index (χ2v) is 6.97. The van der Waals surface area contributed by atoms with Crippen molar-refractivity contribution in [3.63, 3.8) is 0 Å². The van der Waals surface area contributed by atoms with Crippen LogP contribution in [0.4, 0.5) is 4.39 Å². The number of aryl methyl sites for hydroxylation is 1. The Morgan fingerprint density at radius 3 is 2.58 bits per heavy atom. The minimum atomic E-state index is -0.407. The average molecular weight is 363 g/mol. The lowest BCUT2D eigenvalue weighted by molar-refractivity contribution is -0.133. The summed E-state index contributed by atoms with van der Waals surface area (Å²) in [6, 6.07) is 5.17. The molecule has 1 heterocycles. The van der Waals surface area contributed by atoms with Gasteiger partial charge in [-0.1, -0.05) is 6.07 Å². The molecule has 1 N–H and O–H groups in total. The number of benzene rings is 1. The molecule has 0 spiro atoms. The van der Waals surface area contributed by atoms with Crippen LogP contribution in [0.3, 0.4) is 0 Å². The van der Waals surface area contributed by atoms with Gasteiger partial charge < -0.3 is 15.0 Å². The molecule has 1 saturated carbocycles. The van der Waals surface area contributed by atoms with Crippen molar-refractivity contribution in [1.82, 2.24) is 15.1 Å². The van der Waals surface area contributed by atoms with E-state index in [9.17, 15) is 14.0 Å². The summed E-state index contributed by atoms with van der Waals surface area (Å²) >= 11 is 0. The predicted molar refractivity (Wildman–Crippen MR) is 95.5 cm³/mol. The number of carbonyl (C=O) groups excluding carboxylic acids is 2. The Balaban J connectivity index is 1.39. The topological polar surface area (TPSA) is 61.9 Å². The lowest BCUT2D eigenvalue weighted by atomic mass is 10.1. The van der Waals surface area contributed by atoms with Crippen LogP contribution in [-0.4, -0.2) is 67.5 Å². The molecule has 1 aliphatic carbocycles. The van der Waals surface area contributed by atoms with Crippen molar-refractivity contribution in [3.8, 4) is 5.75 Å². The third-order valence-corrected chi connectivity index (χ3v) is 4.88. The van der Waals surface area contributed by atoms with E-state index >= 15 is 0 Å². The molecule has 2 aliphatic rings. The third-order valence-electron chi connectivity index (χ3n) is 4.88. The molecule has 0 bridgehead atoms. The fourth-order valence-corrected chi connectivity index (χ4v) is 3.13. The minimum Gasteiger partial charge on any atom is -0.494 e.